The van der Waals surface area contributed by atoms with E-state index in [2.05, 4.69) is 26.8 Å². The number of fused-ring (bicyclic) bond motifs is 1. The highest BCUT2D eigenvalue weighted by atomic mass is 35.5. The van der Waals surface area contributed by atoms with Crippen LogP contribution in [0.25, 0.3) is 10.9 Å². The number of likely N-dealkylation sites (tertiary alicyclic amines) is 1. The van der Waals surface area contributed by atoms with Crippen molar-refractivity contribution in [1.29, 1.82) is 0 Å². The van der Waals surface area contributed by atoms with Crippen LogP contribution in [0.1, 0.15) is 12.8 Å². The summed E-state index contributed by atoms with van der Waals surface area (Å²) in [6.07, 6.45) is 5.38. The molecule has 39 heavy (non-hydrogen) atoms. The third kappa shape index (κ3) is 6.01. The normalized spacial score (nSPS) is 13.7. The van der Waals surface area contributed by atoms with Crippen molar-refractivity contribution in [2.24, 2.45) is 0 Å². The minimum absolute atomic E-state index is 0.0724. The van der Waals surface area contributed by atoms with Gasteiger partial charge in [0, 0.05) is 43.1 Å². The maximum Gasteiger partial charge on any atom is 0.245 e. The lowest BCUT2D eigenvalue weighted by Gasteiger charge is -2.31. The van der Waals surface area contributed by atoms with E-state index in [0.717, 1.165) is 5.39 Å². The van der Waals surface area contributed by atoms with Crippen LogP contribution in [0.3, 0.4) is 0 Å². The molecule has 0 radical (unpaired) electrons. The number of aromatic nitrogens is 3. The van der Waals surface area contributed by atoms with Crippen molar-refractivity contribution < 1.29 is 23.4 Å². The maximum atomic E-state index is 13.1. The second kappa shape index (κ2) is 11.5. The number of hydrogen-bond acceptors (Lipinski definition) is 8. The Hall–Kier alpha value is -4.44. The molecule has 0 atom stereocenters. The number of anilines is 2. The van der Waals surface area contributed by atoms with E-state index < -0.39 is 5.95 Å². The molecule has 1 saturated heterocycles. The fourth-order valence-electron chi connectivity index (χ4n) is 4.27. The quantitative estimate of drug-likeness (QED) is 0.214. The summed E-state index contributed by atoms with van der Waals surface area (Å²) in [5.74, 6) is 1.75. The van der Waals surface area contributed by atoms with Gasteiger partial charge >= 0.3 is 0 Å². The molecule has 0 bridgehead atoms. The van der Waals surface area contributed by atoms with Gasteiger partial charge in [0.25, 0.3) is 0 Å². The van der Waals surface area contributed by atoms with Crippen LogP contribution in [-0.4, -0.2) is 52.1 Å². The largest absolute Gasteiger partial charge is 0.493 e. The Morgan fingerprint density at radius 1 is 1.10 bits per heavy atom. The molecule has 4 aromatic rings. The molecule has 0 spiro atoms. The van der Waals surface area contributed by atoms with Gasteiger partial charge in [-0.05, 0) is 42.5 Å². The number of piperidine rings is 1. The zero-order valence-corrected chi connectivity index (χ0v) is 21.8. The van der Waals surface area contributed by atoms with Gasteiger partial charge in [-0.3, -0.25) is 4.79 Å². The molecule has 200 valence electrons. The zero-order chi connectivity index (χ0) is 27.4. The first-order chi connectivity index (χ1) is 18.9. The van der Waals surface area contributed by atoms with Crippen molar-refractivity contribution in [3.8, 4) is 23.0 Å². The highest BCUT2D eigenvalue weighted by Gasteiger charge is 2.24. The van der Waals surface area contributed by atoms with E-state index in [-0.39, 0.29) is 12.0 Å². The molecule has 1 fully saturated rings. The first-order valence-corrected chi connectivity index (χ1v) is 12.6. The van der Waals surface area contributed by atoms with Crippen LogP contribution in [0.4, 0.5) is 15.9 Å². The van der Waals surface area contributed by atoms with E-state index in [9.17, 15) is 9.18 Å². The summed E-state index contributed by atoms with van der Waals surface area (Å²) in [6, 6.07) is 11.5. The number of pyridine rings is 1. The van der Waals surface area contributed by atoms with Crippen molar-refractivity contribution in [2.45, 2.75) is 18.9 Å². The van der Waals surface area contributed by atoms with E-state index in [1.165, 1.54) is 30.7 Å². The molecule has 1 N–H and O–H groups in total. The number of carbonyl (C=O) groups excluding carboxylic acids is 1. The summed E-state index contributed by atoms with van der Waals surface area (Å²) < 4.78 is 30.7. The van der Waals surface area contributed by atoms with Gasteiger partial charge in [-0.1, -0.05) is 18.2 Å². The van der Waals surface area contributed by atoms with Crippen molar-refractivity contribution in [3.63, 3.8) is 0 Å². The van der Waals surface area contributed by atoms with E-state index in [1.807, 2.05) is 6.07 Å². The second-order valence-electron chi connectivity index (χ2n) is 8.78. The van der Waals surface area contributed by atoms with Crippen LogP contribution in [0.2, 0.25) is 5.02 Å². The molecule has 2 aromatic heterocycles. The third-order valence-corrected chi connectivity index (χ3v) is 6.56. The number of methoxy groups -OCH3 is 1. The van der Waals surface area contributed by atoms with Gasteiger partial charge in [0.15, 0.2) is 11.5 Å². The summed E-state index contributed by atoms with van der Waals surface area (Å²) in [7, 11) is 1.58. The van der Waals surface area contributed by atoms with Crippen LogP contribution < -0.4 is 19.5 Å². The number of halogens is 2. The standard InChI is InChI=1S/C28H25ClFN5O4/c1-3-27(36)35-10-8-18(9-11-35)38-25-13-20-22(14-24(25)37-2)32-16-33-28(20)34-17-4-6-23(21(29)12-17)39-19-5-7-26(30)31-15-19/h3-7,12-16,18H,1,8-11H2,2H3,(H,32,33,34). The van der Waals surface area contributed by atoms with E-state index in [4.69, 9.17) is 25.8 Å². The lowest BCUT2D eigenvalue weighted by molar-refractivity contribution is -0.127. The van der Waals surface area contributed by atoms with Gasteiger partial charge in [-0.25, -0.2) is 15.0 Å². The molecule has 1 aliphatic heterocycles. The first kappa shape index (κ1) is 26.2. The molecule has 1 aliphatic rings. The Bertz CT molecular complexity index is 1510. The Labute approximate surface area is 229 Å². The van der Waals surface area contributed by atoms with Crippen LogP contribution >= 0.6 is 11.6 Å². The zero-order valence-electron chi connectivity index (χ0n) is 21.1. The van der Waals surface area contributed by atoms with Crippen LogP contribution in [0.5, 0.6) is 23.0 Å². The molecule has 3 heterocycles. The molecule has 9 nitrogen and oxygen atoms in total. The molecule has 1 amide bonds. The third-order valence-electron chi connectivity index (χ3n) is 6.27. The van der Waals surface area contributed by atoms with Crippen molar-refractivity contribution in [2.75, 3.05) is 25.5 Å². The molecule has 5 rings (SSSR count). The van der Waals surface area contributed by atoms with Gasteiger partial charge < -0.3 is 24.4 Å². The Morgan fingerprint density at radius 2 is 1.92 bits per heavy atom. The van der Waals surface area contributed by atoms with Crippen molar-refractivity contribution in [1.82, 2.24) is 19.9 Å². The Morgan fingerprint density at radius 3 is 2.62 bits per heavy atom. The van der Waals surface area contributed by atoms with Crippen LogP contribution in [0, 0.1) is 5.95 Å². The van der Waals surface area contributed by atoms with Gasteiger partial charge in [-0.15, -0.1) is 0 Å². The molecular weight excluding hydrogens is 525 g/mol. The SMILES string of the molecule is C=CC(=O)N1CCC(Oc2cc3c(Nc4ccc(Oc5ccc(F)nc5)c(Cl)c4)ncnc3cc2OC)CC1. The smallest absolute Gasteiger partial charge is 0.245 e. The highest BCUT2D eigenvalue weighted by Crippen LogP contribution is 2.37. The average molecular weight is 550 g/mol. The molecule has 0 saturated carbocycles. The van der Waals surface area contributed by atoms with Crippen molar-refractivity contribution in [3.05, 3.63) is 78.6 Å². The summed E-state index contributed by atoms with van der Waals surface area (Å²) in [6.45, 7) is 4.75. The minimum atomic E-state index is -0.596. The van der Waals surface area contributed by atoms with Crippen LogP contribution in [-0.2, 0) is 4.79 Å². The predicted molar refractivity (Wildman–Crippen MR) is 146 cm³/mol. The average Bonchev–Trinajstić information content (AvgIpc) is 2.95. The summed E-state index contributed by atoms with van der Waals surface area (Å²) in [4.78, 5) is 26.0. The monoisotopic (exact) mass is 549 g/mol. The number of nitrogens with zero attached hydrogens (tertiary/aromatic N) is 4. The maximum absolute atomic E-state index is 13.1. The van der Waals surface area contributed by atoms with E-state index >= 15 is 0 Å². The lowest BCUT2D eigenvalue weighted by Crippen LogP contribution is -2.41. The minimum Gasteiger partial charge on any atom is -0.493 e. The lowest BCUT2D eigenvalue weighted by atomic mass is 10.1. The molecular formula is C28H25ClFN5O4. The van der Waals surface area contributed by atoms with Crippen LogP contribution in [0.15, 0.2) is 67.6 Å². The second-order valence-corrected chi connectivity index (χ2v) is 9.19. The Balaban J connectivity index is 1.35. The highest BCUT2D eigenvalue weighted by molar-refractivity contribution is 6.32. The van der Waals surface area contributed by atoms with Gasteiger partial charge in [0.1, 0.15) is 29.7 Å². The summed E-state index contributed by atoms with van der Waals surface area (Å²) in [5.41, 5.74) is 1.33. The molecule has 0 aliphatic carbocycles. The number of nitrogens with one attached hydrogen (secondary N) is 1. The van der Waals surface area contributed by atoms with Gasteiger partial charge in [0.2, 0.25) is 11.9 Å². The molecule has 0 unspecified atom stereocenters. The number of benzene rings is 2. The van der Waals surface area contributed by atoms with Gasteiger partial charge in [0.05, 0.1) is 23.8 Å². The summed E-state index contributed by atoms with van der Waals surface area (Å²) >= 11 is 6.45. The molecule has 2 aromatic carbocycles. The summed E-state index contributed by atoms with van der Waals surface area (Å²) in [5, 5.41) is 4.34. The fourth-order valence-corrected chi connectivity index (χ4v) is 4.48. The first-order valence-electron chi connectivity index (χ1n) is 12.2. The van der Waals surface area contributed by atoms with E-state index in [0.29, 0.717) is 71.0 Å². The van der Waals surface area contributed by atoms with Gasteiger partial charge in [-0.2, -0.15) is 4.39 Å². The fraction of sp³-hybridized carbons (Fsp3) is 0.214. The Kier molecular flexibility index (Phi) is 7.74. The van der Waals surface area contributed by atoms with Crippen molar-refractivity contribution >= 4 is 39.9 Å². The number of carbonyl (C=O) groups is 1. The number of amides is 1. The van der Waals surface area contributed by atoms with E-state index in [1.54, 1.807) is 36.3 Å². The molecule has 11 heteroatoms. The number of ether oxygens (including phenoxy) is 3. The number of rotatable bonds is 8. The topological polar surface area (TPSA) is 98.7 Å². The number of hydrogen-bond donors (Lipinski definition) is 1. The predicted octanol–water partition coefficient (Wildman–Crippen LogP) is 5.92.